The maximum Gasteiger partial charge on any atom is 0.0354 e. The van der Waals surface area contributed by atoms with Crippen molar-refractivity contribution in [1.82, 2.24) is 0 Å². The van der Waals surface area contributed by atoms with Crippen LogP contribution in [0.2, 0.25) is 0 Å². The number of rotatable bonds is 3. The summed E-state index contributed by atoms with van der Waals surface area (Å²) in [4.78, 5) is 1.32. The van der Waals surface area contributed by atoms with Crippen molar-refractivity contribution in [2.24, 2.45) is 5.73 Å². The zero-order valence-electron chi connectivity index (χ0n) is 9.41. The first-order chi connectivity index (χ1) is 8.08. The predicted octanol–water partition coefficient (Wildman–Crippen LogP) is 4.67. The highest BCUT2D eigenvalue weighted by molar-refractivity contribution is 14.1. The Bertz CT molecular complexity index is 524. The Hall–Kier alpha value is 0.0900. The number of benzene rings is 1. The van der Waals surface area contributed by atoms with Crippen LogP contribution in [0.15, 0.2) is 34.1 Å². The minimum Gasteiger partial charge on any atom is -0.324 e. The van der Waals surface area contributed by atoms with Crippen molar-refractivity contribution in [3.05, 3.63) is 53.7 Å². The van der Waals surface area contributed by atoms with Crippen LogP contribution in [0, 0.1) is 10.5 Å². The molecule has 4 heteroatoms. The molecule has 1 unspecified atom stereocenters. The molecule has 0 bridgehead atoms. The quantitative estimate of drug-likeness (QED) is 0.716. The fourth-order valence-corrected chi connectivity index (χ4v) is 4.01. The molecule has 2 N–H and O–H groups in total. The van der Waals surface area contributed by atoms with E-state index < -0.39 is 0 Å². The number of hydrogen-bond acceptors (Lipinski definition) is 2. The lowest BCUT2D eigenvalue weighted by Gasteiger charge is -2.14. The fourth-order valence-electron chi connectivity index (χ4n) is 1.74. The van der Waals surface area contributed by atoms with Crippen LogP contribution in [0.3, 0.4) is 0 Å². The number of halogens is 2. The van der Waals surface area contributed by atoms with Crippen LogP contribution in [0.5, 0.6) is 0 Å². The first-order valence-electron chi connectivity index (χ1n) is 5.31. The molecule has 90 valence electrons. The van der Waals surface area contributed by atoms with Gasteiger partial charge in [0.2, 0.25) is 0 Å². The van der Waals surface area contributed by atoms with E-state index in [1.165, 1.54) is 19.6 Å². The van der Waals surface area contributed by atoms with Gasteiger partial charge in [0, 0.05) is 30.8 Å². The highest BCUT2D eigenvalue weighted by atomic mass is 127. The number of aryl methyl sites for hydroxylation is 1. The van der Waals surface area contributed by atoms with Gasteiger partial charge in [-0.2, -0.15) is 0 Å². The van der Waals surface area contributed by atoms with E-state index in [1.54, 1.807) is 11.3 Å². The van der Waals surface area contributed by atoms with E-state index in [-0.39, 0.29) is 6.04 Å². The summed E-state index contributed by atoms with van der Waals surface area (Å²) in [5.74, 6) is 0. The highest BCUT2D eigenvalue weighted by Gasteiger charge is 2.12. The van der Waals surface area contributed by atoms with Crippen LogP contribution >= 0.6 is 49.9 Å². The van der Waals surface area contributed by atoms with Gasteiger partial charge in [0.25, 0.3) is 0 Å². The van der Waals surface area contributed by atoms with Gasteiger partial charge in [-0.05, 0) is 62.6 Å². The third-order valence-corrected chi connectivity index (χ3v) is 5.86. The lowest BCUT2D eigenvalue weighted by Crippen LogP contribution is -2.14. The summed E-state index contributed by atoms with van der Waals surface area (Å²) in [5.41, 5.74) is 8.84. The molecule has 1 aromatic heterocycles. The minimum absolute atomic E-state index is 0.0762. The molecule has 1 heterocycles. The molecule has 0 aliphatic heterocycles. The van der Waals surface area contributed by atoms with Gasteiger partial charge >= 0.3 is 0 Å². The van der Waals surface area contributed by atoms with E-state index in [9.17, 15) is 0 Å². The Balaban J connectivity index is 2.20. The summed E-state index contributed by atoms with van der Waals surface area (Å²) in [7, 11) is 0. The van der Waals surface area contributed by atoms with Gasteiger partial charge in [-0.25, -0.2) is 0 Å². The van der Waals surface area contributed by atoms with Gasteiger partial charge in [-0.1, -0.05) is 18.2 Å². The standard InChI is InChI=1S/C13H13BrINS/c1-8-3-2-4-11(13(8)15)12(16)6-10-5-9(14)7-17-10/h2-5,7,12H,6,16H2,1H3. The molecule has 0 aliphatic carbocycles. The summed E-state index contributed by atoms with van der Waals surface area (Å²) in [6.07, 6.45) is 0.899. The van der Waals surface area contributed by atoms with Crippen molar-refractivity contribution in [2.75, 3.05) is 0 Å². The van der Waals surface area contributed by atoms with Crippen LogP contribution in [-0.4, -0.2) is 0 Å². The van der Waals surface area contributed by atoms with Crippen molar-refractivity contribution in [3.63, 3.8) is 0 Å². The summed E-state index contributed by atoms with van der Waals surface area (Å²) in [6, 6.07) is 8.55. The molecule has 0 aliphatic rings. The Kier molecular flexibility index (Phi) is 4.63. The van der Waals surface area contributed by atoms with E-state index in [0.29, 0.717) is 0 Å². The van der Waals surface area contributed by atoms with Crippen LogP contribution < -0.4 is 5.73 Å². The SMILES string of the molecule is Cc1cccc(C(N)Cc2cc(Br)cs2)c1I. The zero-order chi connectivity index (χ0) is 12.4. The van der Waals surface area contributed by atoms with Gasteiger partial charge in [-0.15, -0.1) is 11.3 Å². The largest absolute Gasteiger partial charge is 0.324 e. The van der Waals surface area contributed by atoms with Crippen molar-refractivity contribution in [1.29, 1.82) is 0 Å². The molecule has 2 aromatic rings. The smallest absolute Gasteiger partial charge is 0.0354 e. The third-order valence-electron chi connectivity index (χ3n) is 2.66. The van der Waals surface area contributed by atoms with Crippen molar-refractivity contribution >= 4 is 49.9 Å². The first-order valence-corrected chi connectivity index (χ1v) is 8.06. The van der Waals surface area contributed by atoms with Crippen LogP contribution in [0.4, 0.5) is 0 Å². The Morgan fingerprint density at radius 2 is 2.24 bits per heavy atom. The fraction of sp³-hybridized carbons (Fsp3) is 0.231. The van der Waals surface area contributed by atoms with E-state index in [2.05, 4.69) is 75.1 Å². The third kappa shape index (κ3) is 3.30. The molecule has 17 heavy (non-hydrogen) atoms. The minimum atomic E-state index is 0.0762. The van der Waals surface area contributed by atoms with E-state index in [4.69, 9.17) is 5.73 Å². The van der Waals surface area contributed by atoms with Gasteiger partial charge < -0.3 is 5.73 Å². The van der Waals surface area contributed by atoms with E-state index >= 15 is 0 Å². The number of hydrogen-bond donors (Lipinski definition) is 1. The maximum atomic E-state index is 6.29. The molecule has 1 aromatic carbocycles. The Morgan fingerprint density at radius 3 is 2.88 bits per heavy atom. The molecular weight excluding hydrogens is 409 g/mol. The monoisotopic (exact) mass is 421 g/mol. The van der Waals surface area contributed by atoms with Gasteiger partial charge in [0.1, 0.15) is 0 Å². The summed E-state index contributed by atoms with van der Waals surface area (Å²) in [5, 5.41) is 2.10. The maximum absolute atomic E-state index is 6.29. The molecule has 0 saturated heterocycles. The van der Waals surface area contributed by atoms with Crippen molar-refractivity contribution in [3.8, 4) is 0 Å². The lowest BCUT2D eigenvalue weighted by molar-refractivity contribution is 0.725. The molecule has 2 rings (SSSR count). The predicted molar refractivity (Wildman–Crippen MR) is 86.5 cm³/mol. The van der Waals surface area contributed by atoms with Gasteiger partial charge in [0.15, 0.2) is 0 Å². The molecule has 0 spiro atoms. The van der Waals surface area contributed by atoms with Crippen molar-refractivity contribution < 1.29 is 0 Å². The zero-order valence-corrected chi connectivity index (χ0v) is 14.0. The summed E-state index contributed by atoms with van der Waals surface area (Å²) < 4.78 is 2.43. The van der Waals surface area contributed by atoms with Crippen LogP contribution in [0.25, 0.3) is 0 Å². The normalized spacial score (nSPS) is 12.7. The molecule has 0 radical (unpaired) electrons. The Morgan fingerprint density at radius 1 is 1.47 bits per heavy atom. The van der Waals surface area contributed by atoms with E-state index in [0.717, 1.165) is 10.9 Å². The number of thiophene rings is 1. The van der Waals surface area contributed by atoms with Gasteiger partial charge in [0.05, 0.1) is 0 Å². The lowest BCUT2D eigenvalue weighted by atomic mass is 10.0. The topological polar surface area (TPSA) is 26.0 Å². The second-order valence-corrected chi connectivity index (χ2v) is 7.01. The van der Waals surface area contributed by atoms with E-state index in [1.807, 2.05) is 0 Å². The molecule has 1 atom stereocenters. The van der Waals surface area contributed by atoms with Gasteiger partial charge in [-0.3, -0.25) is 0 Å². The molecular formula is C13H13BrINS. The average molecular weight is 422 g/mol. The summed E-state index contributed by atoms with van der Waals surface area (Å²) in [6.45, 7) is 2.12. The first kappa shape index (κ1) is 13.5. The van der Waals surface area contributed by atoms with Crippen LogP contribution in [0.1, 0.15) is 22.0 Å². The molecule has 0 fully saturated rings. The average Bonchev–Trinajstić information content (AvgIpc) is 2.68. The second kappa shape index (κ2) is 5.82. The van der Waals surface area contributed by atoms with Crippen molar-refractivity contribution in [2.45, 2.75) is 19.4 Å². The molecule has 1 nitrogen and oxygen atoms in total. The van der Waals surface area contributed by atoms with Crippen LogP contribution in [-0.2, 0) is 6.42 Å². The second-order valence-electron chi connectivity index (χ2n) is 4.02. The highest BCUT2D eigenvalue weighted by Crippen LogP contribution is 2.27. The number of nitrogens with two attached hydrogens (primary N) is 1. The molecule has 0 amide bonds. The molecule has 0 saturated carbocycles. The summed E-state index contributed by atoms with van der Waals surface area (Å²) >= 11 is 7.61. The Labute approximate surface area is 128 Å².